The predicted molar refractivity (Wildman–Crippen MR) is 96.0 cm³/mol. The number of benzene rings is 2. The highest BCUT2D eigenvalue weighted by Gasteiger charge is 2.03. The Labute approximate surface area is 144 Å². The standard InChI is InChI=1S/C18H19BrN2O2/c1-12-7-13(2)17(14(3)8-12)10-20-21-18(22)11-23-16-6-4-5-15(19)9-16/h4-10H,11H2,1-3H3,(H,21,22)/b20-10+. The maximum atomic E-state index is 11.8. The number of hydrogen-bond donors (Lipinski definition) is 1. The van der Waals surface area contributed by atoms with Gasteiger partial charge in [0.25, 0.3) is 5.91 Å². The molecule has 120 valence electrons. The zero-order valence-electron chi connectivity index (χ0n) is 13.4. The molecule has 0 heterocycles. The van der Waals surface area contributed by atoms with Gasteiger partial charge in [0.15, 0.2) is 6.61 Å². The number of nitrogens with zero attached hydrogens (tertiary/aromatic N) is 1. The van der Waals surface area contributed by atoms with Gasteiger partial charge >= 0.3 is 0 Å². The Morgan fingerprint density at radius 2 is 1.91 bits per heavy atom. The highest BCUT2D eigenvalue weighted by molar-refractivity contribution is 9.10. The molecule has 0 spiro atoms. The zero-order valence-corrected chi connectivity index (χ0v) is 15.0. The van der Waals surface area contributed by atoms with Crippen molar-refractivity contribution in [3.8, 4) is 5.75 Å². The summed E-state index contributed by atoms with van der Waals surface area (Å²) in [5.41, 5.74) is 6.97. The Kier molecular flexibility index (Phi) is 5.93. The molecular formula is C18H19BrN2O2. The van der Waals surface area contributed by atoms with Gasteiger partial charge in [-0.15, -0.1) is 0 Å². The highest BCUT2D eigenvalue weighted by atomic mass is 79.9. The predicted octanol–water partition coefficient (Wildman–Crippen LogP) is 3.90. The van der Waals surface area contributed by atoms with Crippen molar-refractivity contribution in [3.05, 3.63) is 63.1 Å². The van der Waals surface area contributed by atoms with E-state index < -0.39 is 0 Å². The van der Waals surface area contributed by atoms with Crippen molar-refractivity contribution in [3.63, 3.8) is 0 Å². The second kappa shape index (κ2) is 7.92. The van der Waals surface area contributed by atoms with Crippen molar-refractivity contribution in [2.24, 2.45) is 5.10 Å². The van der Waals surface area contributed by atoms with E-state index in [-0.39, 0.29) is 12.5 Å². The Bertz CT molecular complexity index is 719. The Hall–Kier alpha value is -2.14. The lowest BCUT2D eigenvalue weighted by Gasteiger charge is -2.07. The van der Waals surface area contributed by atoms with E-state index in [0.29, 0.717) is 5.75 Å². The third kappa shape index (κ3) is 5.21. The zero-order chi connectivity index (χ0) is 16.8. The maximum Gasteiger partial charge on any atom is 0.277 e. The van der Waals surface area contributed by atoms with Gasteiger partial charge in [-0.3, -0.25) is 4.79 Å². The maximum absolute atomic E-state index is 11.8. The number of carbonyl (C=O) groups excluding carboxylic acids is 1. The van der Waals surface area contributed by atoms with Crippen LogP contribution in [0.25, 0.3) is 0 Å². The summed E-state index contributed by atoms with van der Waals surface area (Å²) >= 11 is 3.35. The molecule has 0 aliphatic carbocycles. The first kappa shape index (κ1) is 17.2. The van der Waals surface area contributed by atoms with Crippen LogP contribution in [-0.2, 0) is 4.79 Å². The van der Waals surface area contributed by atoms with Crippen molar-refractivity contribution in [1.29, 1.82) is 0 Å². The summed E-state index contributed by atoms with van der Waals surface area (Å²) in [7, 11) is 0. The number of aryl methyl sites for hydroxylation is 3. The molecule has 0 radical (unpaired) electrons. The van der Waals surface area contributed by atoms with Crippen molar-refractivity contribution < 1.29 is 9.53 Å². The fraction of sp³-hybridized carbons (Fsp3) is 0.222. The fourth-order valence-electron chi connectivity index (χ4n) is 2.30. The van der Waals surface area contributed by atoms with E-state index in [1.54, 1.807) is 18.3 Å². The molecule has 1 N–H and O–H groups in total. The van der Waals surface area contributed by atoms with Gasteiger partial charge in [0.05, 0.1) is 6.21 Å². The fourth-order valence-corrected chi connectivity index (χ4v) is 2.68. The molecule has 4 nitrogen and oxygen atoms in total. The molecule has 2 aromatic carbocycles. The number of hydrogen-bond acceptors (Lipinski definition) is 3. The van der Waals surface area contributed by atoms with Crippen LogP contribution >= 0.6 is 15.9 Å². The number of hydrazone groups is 1. The summed E-state index contributed by atoms with van der Waals surface area (Å²) in [6.07, 6.45) is 1.67. The van der Waals surface area contributed by atoms with Gasteiger partial charge in [0.2, 0.25) is 0 Å². The molecule has 0 unspecified atom stereocenters. The summed E-state index contributed by atoms with van der Waals surface area (Å²) < 4.78 is 6.30. The highest BCUT2D eigenvalue weighted by Crippen LogP contribution is 2.17. The molecule has 0 bridgehead atoms. The van der Waals surface area contributed by atoms with Gasteiger partial charge < -0.3 is 4.74 Å². The number of carbonyl (C=O) groups is 1. The first-order chi connectivity index (χ1) is 11.0. The Morgan fingerprint density at radius 3 is 2.57 bits per heavy atom. The largest absolute Gasteiger partial charge is 0.484 e. The number of halogens is 1. The van der Waals surface area contributed by atoms with Crippen LogP contribution in [0.1, 0.15) is 22.3 Å². The normalized spacial score (nSPS) is 10.8. The van der Waals surface area contributed by atoms with Gasteiger partial charge in [0.1, 0.15) is 5.75 Å². The Morgan fingerprint density at radius 1 is 1.22 bits per heavy atom. The molecule has 0 fully saturated rings. The van der Waals surface area contributed by atoms with Crippen LogP contribution in [0.4, 0.5) is 0 Å². The molecule has 2 aromatic rings. The lowest BCUT2D eigenvalue weighted by Crippen LogP contribution is -2.24. The molecule has 0 aliphatic rings. The number of ether oxygens (including phenoxy) is 1. The summed E-state index contributed by atoms with van der Waals surface area (Å²) in [6, 6.07) is 11.5. The van der Waals surface area contributed by atoms with E-state index in [1.165, 1.54) is 5.56 Å². The number of rotatable bonds is 5. The van der Waals surface area contributed by atoms with E-state index in [9.17, 15) is 4.79 Å². The van der Waals surface area contributed by atoms with Crippen molar-refractivity contribution in [2.45, 2.75) is 20.8 Å². The average molecular weight is 375 g/mol. The summed E-state index contributed by atoms with van der Waals surface area (Å²) in [4.78, 5) is 11.8. The lowest BCUT2D eigenvalue weighted by atomic mass is 10.0. The molecule has 0 atom stereocenters. The molecule has 0 saturated heterocycles. The number of nitrogens with one attached hydrogen (secondary N) is 1. The van der Waals surface area contributed by atoms with Crippen LogP contribution in [-0.4, -0.2) is 18.7 Å². The summed E-state index contributed by atoms with van der Waals surface area (Å²) in [5.74, 6) is 0.326. The Balaban J connectivity index is 1.89. The van der Waals surface area contributed by atoms with Crippen LogP contribution in [0.3, 0.4) is 0 Å². The monoisotopic (exact) mass is 374 g/mol. The molecule has 0 aliphatic heterocycles. The van der Waals surface area contributed by atoms with E-state index >= 15 is 0 Å². The molecule has 0 aromatic heterocycles. The molecule has 0 saturated carbocycles. The molecular weight excluding hydrogens is 356 g/mol. The van der Waals surface area contributed by atoms with Crippen LogP contribution < -0.4 is 10.2 Å². The molecule has 5 heteroatoms. The topological polar surface area (TPSA) is 50.7 Å². The van der Waals surface area contributed by atoms with Crippen molar-refractivity contribution in [1.82, 2.24) is 5.43 Å². The molecule has 23 heavy (non-hydrogen) atoms. The second-order valence-corrected chi connectivity index (χ2v) is 6.27. The van der Waals surface area contributed by atoms with E-state index in [2.05, 4.69) is 45.5 Å². The van der Waals surface area contributed by atoms with Crippen LogP contribution in [0.5, 0.6) is 5.75 Å². The van der Waals surface area contributed by atoms with Gasteiger partial charge in [-0.05, 0) is 50.1 Å². The SMILES string of the molecule is Cc1cc(C)c(/C=N/NC(=O)COc2cccc(Br)c2)c(C)c1. The second-order valence-electron chi connectivity index (χ2n) is 5.35. The van der Waals surface area contributed by atoms with Crippen LogP contribution in [0, 0.1) is 20.8 Å². The lowest BCUT2D eigenvalue weighted by molar-refractivity contribution is -0.123. The van der Waals surface area contributed by atoms with Gasteiger partial charge in [-0.1, -0.05) is 39.7 Å². The molecule has 1 amide bonds. The molecule has 2 rings (SSSR count). The van der Waals surface area contributed by atoms with E-state index in [4.69, 9.17) is 4.74 Å². The summed E-state index contributed by atoms with van der Waals surface area (Å²) in [6.45, 7) is 6.03. The van der Waals surface area contributed by atoms with Crippen LogP contribution in [0.2, 0.25) is 0 Å². The average Bonchev–Trinajstić information content (AvgIpc) is 2.48. The third-order valence-corrected chi connectivity index (χ3v) is 3.78. The smallest absolute Gasteiger partial charge is 0.277 e. The van der Waals surface area contributed by atoms with Crippen molar-refractivity contribution >= 4 is 28.1 Å². The first-order valence-corrected chi connectivity index (χ1v) is 8.03. The number of amides is 1. The van der Waals surface area contributed by atoms with Gasteiger partial charge in [-0.2, -0.15) is 5.10 Å². The minimum Gasteiger partial charge on any atom is -0.484 e. The van der Waals surface area contributed by atoms with E-state index in [1.807, 2.05) is 26.0 Å². The van der Waals surface area contributed by atoms with E-state index in [0.717, 1.165) is 21.2 Å². The quantitative estimate of drug-likeness (QED) is 0.637. The minimum absolute atomic E-state index is 0.0837. The minimum atomic E-state index is -0.302. The first-order valence-electron chi connectivity index (χ1n) is 7.24. The summed E-state index contributed by atoms with van der Waals surface area (Å²) in [5, 5.41) is 4.01. The third-order valence-electron chi connectivity index (χ3n) is 3.29. The van der Waals surface area contributed by atoms with Gasteiger partial charge in [-0.25, -0.2) is 5.43 Å². The van der Waals surface area contributed by atoms with Crippen LogP contribution in [0.15, 0.2) is 46.0 Å². The van der Waals surface area contributed by atoms with Crippen molar-refractivity contribution in [2.75, 3.05) is 6.61 Å². The van der Waals surface area contributed by atoms with Gasteiger partial charge in [0, 0.05) is 10.0 Å².